The summed E-state index contributed by atoms with van der Waals surface area (Å²) in [5.74, 6) is -0.150. The molecule has 1 heterocycles. The van der Waals surface area contributed by atoms with Gasteiger partial charge in [-0.3, -0.25) is 9.80 Å². The van der Waals surface area contributed by atoms with Gasteiger partial charge in [0.2, 0.25) is 0 Å². The fourth-order valence-electron chi connectivity index (χ4n) is 3.15. The Morgan fingerprint density at radius 3 is 2.52 bits per heavy atom. The Kier molecular flexibility index (Phi) is 5.02. The van der Waals surface area contributed by atoms with Crippen molar-refractivity contribution >= 4 is 0 Å². The van der Waals surface area contributed by atoms with Crippen molar-refractivity contribution in [1.82, 2.24) is 9.80 Å². The second-order valence-corrected chi connectivity index (χ2v) is 6.74. The fourth-order valence-corrected chi connectivity index (χ4v) is 3.15. The van der Waals surface area contributed by atoms with Crippen LogP contribution in [-0.4, -0.2) is 48.1 Å². The predicted molar refractivity (Wildman–Crippen MR) is 85.7 cm³/mol. The number of rotatable bonds is 4. The van der Waals surface area contributed by atoms with Crippen LogP contribution in [0.15, 0.2) is 24.3 Å². The molecule has 1 fully saturated rings. The molecule has 3 nitrogen and oxygen atoms in total. The van der Waals surface area contributed by atoms with Crippen LogP contribution in [-0.2, 0) is 0 Å². The molecule has 118 valence electrons. The van der Waals surface area contributed by atoms with Gasteiger partial charge in [0.1, 0.15) is 5.82 Å². The quantitative estimate of drug-likeness (QED) is 0.926. The molecule has 1 aromatic carbocycles. The second-order valence-electron chi connectivity index (χ2n) is 6.74. The summed E-state index contributed by atoms with van der Waals surface area (Å²) in [6.07, 6.45) is 0.839. The second kappa shape index (κ2) is 6.42. The first-order chi connectivity index (χ1) is 9.86. The van der Waals surface area contributed by atoms with Crippen LogP contribution in [0.3, 0.4) is 0 Å². The Hall–Kier alpha value is -0.970. The van der Waals surface area contributed by atoms with E-state index in [1.54, 1.807) is 6.07 Å². The third kappa shape index (κ3) is 3.44. The van der Waals surface area contributed by atoms with Crippen molar-refractivity contribution in [2.24, 2.45) is 5.73 Å². The summed E-state index contributed by atoms with van der Waals surface area (Å²) in [6, 6.07) is 6.94. The van der Waals surface area contributed by atoms with Crippen LogP contribution in [0.2, 0.25) is 0 Å². The number of benzene rings is 1. The lowest BCUT2D eigenvalue weighted by atomic mass is 9.91. The van der Waals surface area contributed by atoms with Gasteiger partial charge in [0.15, 0.2) is 0 Å². The van der Waals surface area contributed by atoms with Crippen LogP contribution in [0.4, 0.5) is 4.39 Å². The Balaban J connectivity index is 2.32. The van der Waals surface area contributed by atoms with Crippen LogP contribution in [0, 0.1) is 5.82 Å². The topological polar surface area (TPSA) is 32.5 Å². The van der Waals surface area contributed by atoms with E-state index < -0.39 is 0 Å². The van der Waals surface area contributed by atoms with Crippen LogP contribution in [0.25, 0.3) is 0 Å². The molecule has 0 aliphatic carbocycles. The van der Waals surface area contributed by atoms with Crippen molar-refractivity contribution in [2.75, 3.05) is 26.7 Å². The highest BCUT2D eigenvalue weighted by molar-refractivity contribution is 5.23. The molecule has 0 amide bonds. The first-order valence-electron chi connectivity index (χ1n) is 7.82. The molecule has 1 saturated heterocycles. The molecule has 1 aliphatic rings. The molecule has 2 rings (SSSR count). The molecule has 0 radical (unpaired) electrons. The number of hydrogen-bond donors (Lipinski definition) is 1. The summed E-state index contributed by atoms with van der Waals surface area (Å²) in [7, 11) is 2.15. The van der Waals surface area contributed by atoms with Crippen LogP contribution in [0.5, 0.6) is 0 Å². The molecule has 0 saturated carbocycles. The average molecular weight is 293 g/mol. The van der Waals surface area contributed by atoms with Crippen LogP contribution in [0.1, 0.15) is 38.8 Å². The molecule has 2 N–H and O–H groups in total. The molecule has 0 spiro atoms. The molecule has 0 aromatic heterocycles. The molecular weight excluding hydrogens is 265 g/mol. The molecule has 2 unspecified atom stereocenters. The lowest BCUT2D eigenvalue weighted by molar-refractivity contribution is 0.00870. The van der Waals surface area contributed by atoms with Crippen molar-refractivity contribution in [3.05, 3.63) is 35.6 Å². The Labute approximate surface area is 127 Å². The summed E-state index contributed by atoms with van der Waals surface area (Å²) >= 11 is 0. The van der Waals surface area contributed by atoms with Crippen LogP contribution < -0.4 is 5.73 Å². The van der Waals surface area contributed by atoms with E-state index in [1.807, 2.05) is 12.1 Å². The summed E-state index contributed by atoms with van der Waals surface area (Å²) in [5, 5.41) is 0. The van der Waals surface area contributed by atoms with Crippen molar-refractivity contribution in [3.63, 3.8) is 0 Å². The highest BCUT2D eigenvalue weighted by Crippen LogP contribution is 2.31. The van der Waals surface area contributed by atoms with Gasteiger partial charge in [0.25, 0.3) is 0 Å². The maximum Gasteiger partial charge on any atom is 0.128 e. The lowest BCUT2D eigenvalue weighted by Gasteiger charge is -2.49. The van der Waals surface area contributed by atoms with Gasteiger partial charge in [-0.05, 0) is 33.4 Å². The van der Waals surface area contributed by atoms with Gasteiger partial charge in [-0.15, -0.1) is 0 Å². The number of hydrogen-bond acceptors (Lipinski definition) is 3. The first-order valence-corrected chi connectivity index (χ1v) is 7.82. The van der Waals surface area contributed by atoms with Crippen molar-refractivity contribution in [2.45, 2.75) is 44.8 Å². The normalized spacial score (nSPS) is 23.0. The van der Waals surface area contributed by atoms with Gasteiger partial charge in [-0.1, -0.05) is 25.1 Å². The van der Waals surface area contributed by atoms with E-state index in [1.165, 1.54) is 6.07 Å². The zero-order chi connectivity index (χ0) is 15.6. The third-order valence-electron chi connectivity index (χ3n) is 4.84. The third-order valence-corrected chi connectivity index (χ3v) is 4.84. The zero-order valence-electron chi connectivity index (χ0n) is 13.6. The zero-order valence-corrected chi connectivity index (χ0v) is 13.6. The van der Waals surface area contributed by atoms with Crippen LogP contribution >= 0.6 is 0 Å². The minimum atomic E-state index is -0.150. The summed E-state index contributed by atoms with van der Waals surface area (Å²) in [6.45, 7) is 9.33. The lowest BCUT2D eigenvalue weighted by Crippen LogP contribution is -2.60. The molecular formula is C17H28FN3. The van der Waals surface area contributed by atoms with Gasteiger partial charge in [0, 0.05) is 36.8 Å². The maximum atomic E-state index is 14.3. The number of nitrogens with two attached hydrogens (primary N) is 1. The van der Waals surface area contributed by atoms with E-state index in [9.17, 15) is 4.39 Å². The Morgan fingerprint density at radius 1 is 1.29 bits per heavy atom. The van der Waals surface area contributed by atoms with Crippen molar-refractivity contribution in [1.29, 1.82) is 0 Å². The van der Waals surface area contributed by atoms with Gasteiger partial charge < -0.3 is 5.73 Å². The standard InChI is InChI=1S/C17H28FN3/c1-5-15(19)16(13-8-6-7-9-14(13)18)21-11-10-20(4)17(2,3)12-21/h6-9,15-16H,5,10-12,19H2,1-4H3. The highest BCUT2D eigenvalue weighted by Gasteiger charge is 2.37. The number of likely N-dealkylation sites (N-methyl/N-ethyl adjacent to an activating group) is 1. The maximum absolute atomic E-state index is 14.3. The fraction of sp³-hybridized carbons (Fsp3) is 0.647. The van der Waals surface area contributed by atoms with Crippen molar-refractivity contribution < 1.29 is 4.39 Å². The SMILES string of the molecule is CCC(N)C(c1ccccc1F)N1CCN(C)C(C)(C)C1. The average Bonchev–Trinajstić information content (AvgIpc) is 2.44. The molecule has 1 aliphatic heterocycles. The van der Waals surface area contributed by atoms with Gasteiger partial charge in [-0.25, -0.2) is 4.39 Å². The predicted octanol–water partition coefficient (Wildman–Crippen LogP) is 2.63. The van der Waals surface area contributed by atoms with E-state index in [0.717, 1.165) is 31.6 Å². The van der Waals surface area contributed by atoms with E-state index in [0.29, 0.717) is 0 Å². The van der Waals surface area contributed by atoms with Gasteiger partial charge in [0.05, 0.1) is 6.04 Å². The minimum absolute atomic E-state index is 0.0517. The number of halogens is 1. The van der Waals surface area contributed by atoms with E-state index >= 15 is 0 Å². The number of piperazine rings is 1. The highest BCUT2D eigenvalue weighted by atomic mass is 19.1. The van der Waals surface area contributed by atoms with Gasteiger partial charge in [-0.2, -0.15) is 0 Å². The Bertz CT molecular complexity index is 475. The summed E-state index contributed by atoms with van der Waals surface area (Å²) < 4.78 is 14.3. The molecule has 4 heteroatoms. The molecule has 2 atom stereocenters. The van der Waals surface area contributed by atoms with E-state index in [2.05, 4.69) is 37.6 Å². The van der Waals surface area contributed by atoms with E-state index in [-0.39, 0.29) is 23.4 Å². The largest absolute Gasteiger partial charge is 0.326 e. The summed E-state index contributed by atoms with van der Waals surface area (Å²) in [5.41, 5.74) is 7.16. The molecule has 21 heavy (non-hydrogen) atoms. The monoisotopic (exact) mass is 293 g/mol. The summed E-state index contributed by atoms with van der Waals surface area (Å²) in [4.78, 5) is 4.71. The smallest absolute Gasteiger partial charge is 0.128 e. The van der Waals surface area contributed by atoms with E-state index in [4.69, 9.17) is 5.73 Å². The minimum Gasteiger partial charge on any atom is -0.326 e. The Morgan fingerprint density at radius 2 is 1.95 bits per heavy atom. The number of nitrogens with zero attached hydrogens (tertiary/aromatic N) is 2. The van der Waals surface area contributed by atoms with Gasteiger partial charge >= 0.3 is 0 Å². The molecule has 1 aromatic rings. The first kappa shape index (κ1) is 16.4. The van der Waals surface area contributed by atoms with Crippen molar-refractivity contribution in [3.8, 4) is 0 Å². The molecule has 0 bridgehead atoms.